The molecule has 0 aliphatic heterocycles. The lowest BCUT2D eigenvalue weighted by molar-refractivity contribution is -0.154. The van der Waals surface area contributed by atoms with E-state index >= 15 is 0 Å². The number of nitrogens with one attached hydrogen (secondary N) is 2. The molecule has 0 saturated heterocycles. The van der Waals surface area contributed by atoms with E-state index in [9.17, 15) is 22.8 Å². The zero-order valence-electron chi connectivity index (χ0n) is 11.3. The predicted molar refractivity (Wildman–Crippen MR) is 69.7 cm³/mol. The summed E-state index contributed by atoms with van der Waals surface area (Å²) in [7, 11) is 0. The van der Waals surface area contributed by atoms with Crippen molar-refractivity contribution < 1.29 is 32.6 Å². The maximum atomic E-state index is 12.0. The number of anilines is 1. The number of carboxylic acid groups (broad SMARTS) is 1. The van der Waals surface area contributed by atoms with Gasteiger partial charge in [-0.3, -0.25) is 4.79 Å². The van der Waals surface area contributed by atoms with E-state index in [0.29, 0.717) is 0 Å². The Morgan fingerprint density at radius 1 is 1.36 bits per heavy atom. The number of aromatic nitrogens is 1. The highest BCUT2D eigenvalue weighted by molar-refractivity contribution is 5.89. The monoisotopic (exact) mass is 321 g/mol. The van der Waals surface area contributed by atoms with Crippen molar-refractivity contribution in [3.63, 3.8) is 0 Å². The molecular formula is C12H14F3N3O4. The molecule has 1 aromatic rings. The molecule has 3 N–H and O–H groups in total. The van der Waals surface area contributed by atoms with Crippen molar-refractivity contribution in [1.82, 2.24) is 10.3 Å². The van der Waals surface area contributed by atoms with Crippen LogP contribution in [0.1, 0.15) is 12.8 Å². The Hall–Kier alpha value is -2.52. The molecule has 0 spiro atoms. The summed E-state index contributed by atoms with van der Waals surface area (Å²) >= 11 is 0. The minimum Gasteiger partial charge on any atom is -0.481 e. The third-order valence-electron chi connectivity index (χ3n) is 2.23. The lowest BCUT2D eigenvalue weighted by atomic mass is 10.3. The van der Waals surface area contributed by atoms with E-state index in [0.717, 1.165) is 6.07 Å². The van der Waals surface area contributed by atoms with Crippen LogP contribution in [0.25, 0.3) is 0 Å². The van der Waals surface area contributed by atoms with Crippen LogP contribution >= 0.6 is 0 Å². The van der Waals surface area contributed by atoms with Crippen LogP contribution in [-0.2, 0) is 4.79 Å². The highest BCUT2D eigenvalue weighted by atomic mass is 19.4. The predicted octanol–water partition coefficient (Wildman–Crippen LogP) is 2.01. The fraction of sp³-hybridized carbons (Fsp3) is 0.417. The fourth-order valence-corrected chi connectivity index (χ4v) is 1.34. The quantitative estimate of drug-likeness (QED) is 0.667. The number of pyridine rings is 1. The van der Waals surface area contributed by atoms with Crippen molar-refractivity contribution in [2.45, 2.75) is 19.0 Å². The second-order valence-corrected chi connectivity index (χ2v) is 4.16. The Kier molecular flexibility index (Phi) is 6.42. The number of rotatable bonds is 7. The van der Waals surface area contributed by atoms with E-state index in [1.165, 1.54) is 12.3 Å². The van der Waals surface area contributed by atoms with Gasteiger partial charge >= 0.3 is 18.2 Å². The Bertz CT molecular complexity index is 523. The molecule has 22 heavy (non-hydrogen) atoms. The van der Waals surface area contributed by atoms with Gasteiger partial charge in [0.15, 0.2) is 6.61 Å². The number of carbonyl (C=O) groups is 2. The average molecular weight is 321 g/mol. The fourth-order valence-electron chi connectivity index (χ4n) is 1.34. The van der Waals surface area contributed by atoms with Gasteiger partial charge in [0.2, 0.25) is 5.88 Å². The van der Waals surface area contributed by atoms with Gasteiger partial charge in [-0.25, -0.2) is 9.78 Å². The van der Waals surface area contributed by atoms with E-state index in [-0.39, 0.29) is 31.0 Å². The third-order valence-corrected chi connectivity index (χ3v) is 2.23. The second kappa shape index (κ2) is 8.05. The molecule has 0 aromatic carbocycles. The third kappa shape index (κ3) is 7.92. The summed E-state index contributed by atoms with van der Waals surface area (Å²) in [5.74, 6) is -1.25. The van der Waals surface area contributed by atoms with Crippen molar-refractivity contribution in [1.29, 1.82) is 0 Å². The number of hydrogen-bond acceptors (Lipinski definition) is 4. The molecule has 0 unspecified atom stereocenters. The van der Waals surface area contributed by atoms with Crippen LogP contribution in [0.3, 0.4) is 0 Å². The van der Waals surface area contributed by atoms with E-state index in [2.05, 4.69) is 20.4 Å². The Morgan fingerprint density at radius 3 is 2.73 bits per heavy atom. The number of hydrogen-bond donors (Lipinski definition) is 3. The first-order chi connectivity index (χ1) is 10.3. The van der Waals surface area contributed by atoms with E-state index in [1.54, 1.807) is 0 Å². The number of aliphatic carboxylic acids is 1. The normalized spacial score (nSPS) is 10.9. The molecule has 0 fully saturated rings. The van der Waals surface area contributed by atoms with Crippen molar-refractivity contribution >= 4 is 17.7 Å². The van der Waals surface area contributed by atoms with Gasteiger partial charge in [-0.2, -0.15) is 13.2 Å². The number of amides is 2. The van der Waals surface area contributed by atoms with Crippen molar-refractivity contribution in [2.24, 2.45) is 0 Å². The van der Waals surface area contributed by atoms with Crippen LogP contribution in [-0.4, -0.2) is 41.4 Å². The van der Waals surface area contributed by atoms with Crippen molar-refractivity contribution in [2.75, 3.05) is 18.5 Å². The highest BCUT2D eigenvalue weighted by Crippen LogP contribution is 2.19. The number of ether oxygens (including phenoxy) is 1. The molecule has 0 radical (unpaired) electrons. The molecule has 0 aliphatic carbocycles. The summed E-state index contributed by atoms with van der Waals surface area (Å²) in [6.45, 7) is -1.33. The summed E-state index contributed by atoms with van der Waals surface area (Å²) in [6, 6.07) is 1.90. The summed E-state index contributed by atoms with van der Waals surface area (Å²) < 4.78 is 40.5. The number of carbonyl (C=O) groups excluding carboxylic acids is 1. The first-order valence-corrected chi connectivity index (χ1v) is 6.18. The van der Waals surface area contributed by atoms with Crippen LogP contribution < -0.4 is 15.4 Å². The van der Waals surface area contributed by atoms with Gasteiger partial charge in [0.1, 0.15) is 0 Å². The van der Waals surface area contributed by atoms with Gasteiger partial charge in [-0.15, -0.1) is 0 Å². The summed E-state index contributed by atoms with van der Waals surface area (Å²) in [5, 5.41) is 13.2. The van der Waals surface area contributed by atoms with Gasteiger partial charge in [0.25, 0.3) is 0 Å². The molecule has 0 atom stereocenters. The van der Waals surface area contributed by atoms with E-state index in [1.807, 2.05) is 0 Å². The molecule has 7 nitrogen and oxygen atoms in total. The minimum absolute atomic E-state index is 0.0784. The molecule has 122 valence electrons. The molecule has 1 aromatic heterocycles. The largest absolute Gasteiger partial charge is 0.481 e. The number of nitrogens with zero attached hydrogens (tertiary/aromatic N) is 1. The Balaban J connectivity index is 2.42. The number of halogens is 3. The summed E-state index contributed by atoms with van der Waals surface area (Å²) in [6.07, 6.45) is -3.11. The molecule has 1 heterocycles. The van der Waals surface area contributed by atoms with Crippen LogP contribution in [0, 0.1) is 0 Å². The standard InChI is InChI=1S/C12H14F3N3O4/c13-12(14,15)7-22-9-6-8(3-5-16-9)18-11(21)17-4-1-2-10(19)20/h3,5-6H,1-2,4,7H2,(H,19,20)(H2,16,17,18,21). The SMILES string of the molecule is O=C(O)CCCNC(=O)Nc1ccnc(OCC(F)(F)F)c1. The highest BCUT2D eigenvalue weighted by Gasteiger charge is 2.28. The maximum absolute atomic E-state index is 12.0. The van der Waals surface area contributed by atoms with Crippen LogP contribution in [0.5, 0.6) is 5.88 Å². The number of alkyl halides is 3. The summed E-state index contributed by atoms with van der Waals surface area (Å²) in [5.41, 5.74) is 0.197. The van der Waals surface area contributed by atoms with E-state index < -0.39 is 24.8 Å². The Labute approximate surface area is 123 Å². The number of carboxylic acids is 1. The molecule has 0 bridgehead atoms. The van der Waals surface area contributed by atoms with E-state index in [4.69, 9.17) is 5.11 Å². The smallest absolute Gasteiger partial charge is 0.422 e. The zero-order valence-corrected chi connectivity index (χ0v) is 11.3. The van der Waals surface area contributed by atoms with Gasteiger partial charge in [-0.05, 0) is 12.5 Å². The summed E-state index contributed by atoms with van der Waals surface area (Å²) in [4.78, 5) is 25.3. The van der Waals surface area contributed by atoms with Crippen LogP contribution in [0.2, 0.25) is 0 Å². The van der Waals surface area contributed by atoms with Crippen molar-refractivity contribution in [3.8, 4) is 5.88 Å². The molecule has 0 aliphatic rings. The Morgan fingerprint density at radius 2 is 2.09 bits per heavy atom. The van der Waals surface area contributed by atoms with Gasteiger partial charge in [0, 0.05) is 30.9 Å². The van der Waals surface area contributed by atoms with Gasteiger partial charge in [-0.1, -0.05) is 0 Å². The number of urea groups is 1. The van der Waals surface area contributed by atoms with Crippen LogP contribution in [0.4, 0.5) is 23.7 Å². The first kappa shape index (κ1) is 17.5. The molecule has 0 saturated carbocycles. The first-order valence-electron chi connectivity index (χ1n) is 6.18. The molecule has 2 amide bonds. The minimum atomic E-state index is -4.48. The molecule has 1 rings (SSSR count). The van der Waals surface area contributed by atoms with Gasteiger partial charge < -0.3 is 20.5 Å². The van der Waals surface area contributed by atoms with Crippen LogP contribution in [0.15, 0.2) is 18.3 Å². The lowest BCUT2D eigenvalue weighted by Crippen LogP contribution is -2.29. The zero-order chi connectivity index (χ0) is 16.6. The molecular weight excluding hydrogens is 307 g/mol. The maximum Gasteiger partial charge on any atom is 0.422 e. The molecule has 10 heteroatoms. The average Bonchev–Trinajstić information content (AvgIpc) is 2.41. The van der Waals surface area contributed by atoms with Crippen molar-refractivity contribution in [3.05, 3.63) is 18.3 Å². The lowest BCUT2D eigenvalue weighted by Gasteiger charge is -2.10. The van der Waals surface area contributed by atoms with Gasteiger partial charge in [0.05, 0.1) is 0 Å². The second-order valence-electron chi connectivity index (χ2n) is 4.16. The topological polar surface area (TPSA) is 101 Å².